The molecule has 2 saturated heterocycles. The number of aryl methyl sites for hydroxylation is 1. The zero-order valence-electron chi connectivity index (χ0n) is 17.2. The molecule has 5 rings (SSSR count). The summed E-state index contributed by atoms with van der Waals surface area (Å²) in [5.41, 5.74) is 1.22. The Labute approximate surface area is 186 Å². The first-order valence-electron chi connectivity index (χ1n) is 10.2. The van der Waals surface area contributed by atoms with E-state index in [0.29, 0.717) is 22.0 Å². The molecule has 0 spiro atoms. The Morgan fingerprint density at radius 2 is 2.10 bits per heavy atom. The first kappa shape index (κ1) is 21.0. The van der Waals surface area contributed by atoms with Crippen LogP contribution in [0.3, 0.4) is 0 Å². The summed E-state index contributed by atoms with van der Waals surface area (Å²) in [6, 6.07) is 1.92. The van der Waals surface area contributed by atoms with Gasteiger partial charge in [-0.05, 0) is 43.8 Å². The molecule has 6 nitrogen and oxygen atoms in total. The van der Waals surface area contributed by atoms with E-state index in [4.69, 9.17) is 0 Å². The number of aromatic nitrogens is 4. The second-order valence-corrected chi connectivity index (χ2v) is 10.7. The van der Waals surface area contributed by atoms with E-state index in [9.17, 15) is 13.2 Å². The molecule has 0 aromatic carbocycles. The summed E-state index contributed by atoms with van der Waals surface area (Å²) in [6.07, 6.45) is 1.41. The molecule has 0 saturated carbocycles. The number of alkyl halides is 3. The van der Waals surface area contributed by atoms with E-state index in [1.165, 1.54) is 11.9 Å². The summed E-state index contributed by atoms with van der Waals surface area (Å²) in [6.45, 7) is 5.08. The van der Waals surface area contributed by atoms with Crippen LogP contribution in [-0.4, -0.2) is 55.7 Å². The van der Waals surface area contributed by atoms with Gasteiger partial charge in [0.15, 0.2) is 5.82 Å². The SMILES string of the molecule is C[C@@H](c1cnn(C)c1)N1CC[C@@H]2CN(c3ncnc4sc(CC(F)(F)F)cc34)S[C@@H]2C1. The molecular weight excluding hydrogens is 445 g/mol. The second kappa shape index (κ2) is 7.93. The predicted octanol–water partition coefficient (Wildman–Crippen LogP) is 4.45. The molecule has 0 N–H and O–H groups in total. The first-order valence-corrected chi connectivity index (χ1v) is 11.9. The number of hydrogen-bond donors (Lipinski definition) is 0. The van der Waals surface area contributed by atoms with Crippen LogP contribution < -0.4 is 4.31 Å². The van der Waals surface area contributed by atoms with Gasteiger partial charge in [0, 0.05) is 48.1 Å². The highest BCUT2D eigenvalue weighted by Crippen LogP contribution is 2.44. The van der Waals surface area contributed by atoms with Gasteiger partial charge in [-0.2, -0.15) is 18.3 Å². The Bertz CT molecular complexity index is 1080. The van der Waals surface area contributed by atoms with Gasteiger partial charge < -0.3 is 0 Å². The van der Waals surface area contributed by atoms with E-state index >= 15 is 0 Å². The maximum Gasteiger partial charge on any atom is 0.393 e. The lowest BCUT2D eigenvalue weighted by atomic mass is 9.94. The lowest BCUT2D eigenvalue weighted by Gasteiger charge is -2.37. The van der Waals surface area contributed by atoms with E-state index in [1.54, 1.807) is 18.0 Å². The highest BCUT2D eigenvalue weighted by molar-refractivity contribution is 8.01. The molecule has 0 bridgehead atoms. The fraction of sp³-hybridized carbons (Fsp3) is 0.550. The van der Waals surface area contributed by atoms with Gasteiger partial charge in [-0.3, -0.25) is 13.9 Å². The Morgan fingerprint density at radius 1 is 1.26 bits per heavy atom. The van der Waals surface area contributed by atoms with Crippen LogP contribution in [-0.2, 0) is 13.5 Å². The van der Waals surface area contributed by atoms with Crippen molar-refractivity contribution in [1.29, 1.82) is 0 Å². The molecule has 31 heavy (non-hydrogen) atoms. The summed E-state index contributed by atoms with van der Waals surface area (Å²) in [7, 11) is 1.93. The predicted molar refractivity (Wildman–Crippen MR) is 117 cm³/mol. The molecule has 0 unspecified atom stereocenters. The number of likely N-dealkylation sites (tertiary alicyclic amines) is 1. The number of fused-ring (bicyclic) bond motifs is 2. The molecule has 166 valence electrons. The second-order valence-electron chi connectivity index (χ2n) is 8.29. The quantitative estimate of drug-likeness (QED) is 0.528. The highest BCUT2D eigenvalue weighted by Gasteiger charge is 2.40. The van der Waals surface area contributed by atoms with Crippen molar-refractivity contribution in [3.8, 4) is 0 Å². The number of thiophene rings is 1. The number of hydrogen-bond acceptors (Lipinski definition) is 7. The van der Waals surface area contributed by atoms with Gasteiger partial charge in [0.05, 0.1) is 18.0 Å². The van der Waals surface area contributed by atoms with Crippen molar-refractivity contribution >= 4 is 39.3 Å². The zero-order chi connectivity index (χ0) is 21.8. The van der Waals surface area contributed by atoms with E-state index in [0.717, 1.165) is 48.6 Å². The van der Waals surface area contributed by atoms with Crippen molar-refractivity contribution in [2.45, 2.75) is 37.2 Å². The van der Waals surface area contributed by atoms with Crippen molar-refractivity contribution in [1.82, 2.24) is 24.6 Å². The molecule has 0 aliphatic carbocycles. The van der Waals surface area contributed by atoms with Crippen LogP contribution in [0.2, 0.25) is 0 Å². The van der Waals surface area contributed by atoms with Crippen LogP contribution in [0.15, 0.2) is 24.8 Å². The van der Waals surface area contributed by atoms with Gasteiger partial charge in [-0.25, -0.2) is 9.97 Å². The average Bonchev–Trinajstić information content (AvgIpc) is 3.42. The third kappa shape index (κ3) is 4.27. The van der Waals surface area contributed by atoms with Crippen LogP contribution in [0.25, 0.3) is 10.2 Å². The summed E-state index contributed by atoms with van der Waals surface area (Å²) < 4.78 is 42.5. The zero-order valence-corrected chi connectivity index (χ0v) is 18.8. The molecule has 3 aromatic heterocycles. The number of nitrogens with zero attached hydrogens (tertiary/aromatic N) is 6. The third-order valence-electron chi connectivity index (χ3n) is 6.12. The minimum Gasteiger partial charge on any atom is -0.299 e. The van der Waals surface area contributed by atoms with Crippen LogP contribution in [0.5, 0.6) is 0 Å². The average molecular weight is 469 g/mol. The summed E-state index contributed by atoms with van der Waals surface area (Å²) in [5.74, 6) is 1.28. The van der Waals surface area contributed by atoms with Crippen molar-refractivity contribution < 1.29 is 13.2 Å². The fourth-order valence-electron chi connectivity index (χ4n) is 4.47. The molecule has 2 fully saturated rings. The summed E-state index contributed by atoms with van der Waals surface area (Å²) in [4.78, 5) is 12.1. The molecule has 3 aromatic rings. The maximum atomic E-state index is 12.8. The van der Waals surface area contributed by atoms with E-state index in [1.807, 2.05) is 17.9 Å². The van der Waals surface area contributed by atoms with Crippen LogP contribution in [0.1, 0.15) is 29.8 Å². The molecule has 0 amide bonds. The van der Waals surface area contributed by atoms with Gasteiger partial charge in [0.1, 0.15) is 11.2 Å². The Hall–Kier alpha value is -1.85. The Kier molecular flexibility index (Phi) is 5.38. The first-order chi connectivity index (χ1) is 14.8. The van der Waals surface area contributed by atoms with Crippen LogP contribution >= 0.6 is 23.3 Å². The van der Waals surface area contributed by atoms with Crippen molar-refractivity contribution in [2.24, 2.45) is 13.0 Å². The topological polar surface area (TPSA) is 50.1 Å². The van der Waals surface area contributed by atoms with Crippen LogP contribution in [0.4, 0.5) is 19.0 Å². The molecule has 2 aliphatic heterocycles. The van der Waals surface area contributed by atoms with Gasteiger partial charge in [-0.15, -0.1) is 11.3 Å². The lowest BCUT2D eigenvalue weighted by Crippen LogP contribution is -2.42. The standard InChI is InChI=1S/C20H23F3N6S2/c1-12(14-7-26-27(2)8-14)28-4-3-13-9-29(31-17(13)10-28)18-16-5-15(6-20(21,22)23)30-19(16)25-11-24-18/h5,7-8,11-13,17H,3-4,6,9-10H2,1-2H3/t12-,13+,17+/m0/s1. The maximum absolute atomic E-state index is 12.8. The molecular formula is C20H23F3N6S2. The number of piperidine rings is 1. The molecule has 5 heterocycles. The van der Waals surface area contributed by atoms with E-state index < -0.39 is 12.6 Å². The number of anilines is 1. The number of rotatable bonds is 4. The van der Waals surface area contributed by atoms with Crippen molar-refractivity contribution in [2.75, 3.05) is 23.9 Å². The van der Waals surface area contributed by atoms with Gasteiger partial charge in [0.25, 0.3) is 0 Å². The molecule has 2 aliphatic rings. The number of halogens is 3. The van der Waals surface area contributed by atoms with Crippen molar-refractivity contribution in [3.05, 3.63) is 35.2 Å². The molecule has 0 radical (unpaired) electrons. The van der Waals surface area contributed by atoms with Crippen LogP contribution in [0, 0.1) is 5.92 Å². The lowest BCUT2D eigenvalue weighted by molar-refractivity contribution is -0.126. The molecule has 11 heteroatoms. The fourth-order valence-corrected chi connectivity index (χ4v) is 6.99. The summed E-state index contributed by atoms with van der Waals surface area (Å²) >= 11 is 2.87. The Balaban J connectivity index is 1.33. The minimum absolute atomic E-state index is 0.280. The van der Waals surface area contributed by atoms with E-state index in [2.05, 4.69) is 37.4 Å². The Morgan fingerprint density at radius 3 is 2.84 bits per heavy atom. The highest BCUT2D eigenvalue weighted by atomic mass is 32.2. The van der Waals surface area contributed by atoms with Gasteiger partial charge in [0.2, 0.25) is 0 Å². The largest absolute Gasteiger partial charge is 0.393 e. The molecule has 3 atom stereocenters. The van der Waals surface area contributed by atoms with Gasteiger partial charge in [-0.1, -0.05) is 0 Å². The minimum atomic E-state index is -4.22. The monoisotopic (exact) mass is 468 g/mol. The smallest absolute Gasteiger partial charge is 0.299 e. The summed E-state index contributed by atoms with van der Waals surface area (Å²) in [5, 5.41) is 5.45. The third-order valence-corrected chi connectivity index (χ3v) is 8.54. The van der Waals surface area contributed by atoms with Crippen molar-refractivity contribution in [3.63, 3.8) is 0 Å². The van der Waals surface area contributed by atoms with E-state index in [-0.39, 0.29) is 4.88 Å². The normalized spacial score (nSPS) is 23.5. The van der Waals surface area contributed by atoms with Gasteiger partial charge >= 0.3 is 6.18 Å².